The number of halogens is 1. The van der Waals surface area contributed by atoms with Crippen molar-refractivity contribution in [2.45, 2.75) is 97.3 Å². The molecule has 1 aliphatic carbocycles. The molecule has 0 unspecified atom stereocenters. The van der Waals surface area contributed by atoms with E-state index >= 15 is 4.39 Å². The lowest BCUT2D eigenvalue weighted by atomic mass is 10.1. The SMILES string of the molecule is COc1cc(O)c(F)c(N2Cc3cnc(NCCCCCN(C(C)C)C(C)C)nc3N(C3CCCC3)C2=O)c1. The molecule has 2 aromatic rings. The number of benzene rings is 1. The molecule has 2 aliphatic rings. The van der Waals surface area contributed by atoms with Gasteiger partial charge in [-0.3, -0.25) is 14.7 Å². The highest BCUT2D eigenvalue weighted by Gasteiger charge is 2.39. The number of nitrogens with one attached hydrogen (secondary N) is 1. The molecular weight excluding hydrogens is 499 g/mol. The highest BCUT2D eigenvalue weighted by atomic mass is 19.1. The molecule has 2 N–H and O–H groups in total. The van der Waals surface area contributed by atoms with E-state index in [4.69, 9.17) is 9.72 Å². The third-order valence-electron chi connectivity index (χ3n) is 7.76. The highest BCUT2D eigenvalue weighted by Crippen LogP contribution is 2.39. The number of anilines is 3. The average Bonchev–Trinajstić information content (AvgIpc) is 3.43. The smallest absolute Gasteiger partial charge is 0.330 e. The molecule has 214 valence electrons. The van der Waals surface area contributed by atoms with Crippen LogP contribution in [0.1, 0.15) is 78.2 Å². The molecule has 0 spiro atoms. The summed E-state index contributed by atoms with van der Waals surface area (Å²) in [6.45, 7) is 10.9. The molecular formula is C29H43FN6O3. The monoisotopic (exact) mass is 542 g/mol. The number of methoxy groups -OCH3 is 1. The van der Waals surface area contributed by atoms with Crippen molar-refractivity contribution in [2.24, 2.45) is 0 Å². The van der Waals surface area contributed by atoms with Crippen LogP contribution in [0.25, 0.3) is 0 Å². The number of aromatic hydroxyl groups is 1. The van der Waals surface area contributed by atoms with Crippen molar-refractivity contribution >= 4 is 23.5 Å². The van der Waals surface area contributed by atoms with E-state index in [1.807, 2.05) is 0 Å². The Morgan fingerprint density at radius 1 is 1.15 bits per heavy atom. The molecule has 0 bridgehead atoms. The molecule has 0 saturated heterocycles. The number of aromatic nitrogens is 2. The molecule has 1 aromatic heterocycles. The fraction of sp³-hybridized carbons (Fsp3) is 0.621. The number of hydrogen-bond donors (Lipinski definition) is 2. The number of carbonyl (C=O) groups excluding carboxylic acids is 1. The zero-order chi connectivity index (χ0) is 28.1. The molecule has 1 aromatic carbocycles. The maximum atomic E-state index is 15.0. The van der Waals surface area contributed by atoms with Gasteiger partial charge in [0.25, 0.3) is 0 Å². The second-order valence-electron chi connectivity index (χ2n) is 11.1. The van der Waals surface area contributed by atoms with E-state index in [9.17, 15) is 9.90 Å². The molecule has 1 aliphatic heterocycles. The first-order valence-electron chi connectivity index (χ1n) is 14.2. The van der Waals surface area contributed by atoms with Gasteiger partial charge in [-0.15, -0.1) is 0 Å². The zero-order valence-electron chi connectivity index (χ0n) is 23.9. The van der Waals surface area contributed by atoms with Gasteiger partial charge in [0, 0.05) is 48.6 Å². The molecule has 10 heteroatoms. The Bertz CT molecular complexity index is 1130. The Morgan fingerprint density at radius 2 is 1.87 bits per heavy atom. The van der Waals surface area contributed by atoms with Crippen molar-refractivity contribution in [2.75, 3.05) is 35.3 Å². The van der Waals surface area contributed by atoms with Gasteiger partial charge < -0.3 is 15.2 Å². The lowest BCUT2D eigenvalue weighted by Gasteiger charge is -2.39. The van der Waals surface area contributed by atoms with E-state index in [1.165, 1.54) is 24.1 Å². The van der Waals surface area contributed by atoms with Gasteiger partial charge in [-0.2, -0.15) is 4.98 Å². The van der Waals surface area contributed by atoms with Gasteiger partial charge in [-0.05, 0) is 59.9 Å². The number of hydrogen-bond acceptors (Lipinski definition) is 7. The number of carbonyl (C=O) groups is 1. The van der Waals surface area contributed by atoms with Crippen LogP contribution in [0.15, 0.2) is 18.3 Å². The minimum atomic E-state index is -0.858. The van der Waals surface area contributed by atoms with Gasteiger partial charge in [-0.25, -0.2) is 14.2 Å². The van der Waals surface area contributed by atoms with Crippen molar-refractivity contribution in [3.63, 3.8) is 0 Å². The first kappa shape index (κ1) is 28.9. The van der Waals surface area contributed by atoms with Crippen molar-refractivity contribution < 1.29 is 19.0 Å². The second kappa shape index (κ2) is 12.8. The van der Waals surface area contributed by atoms with Crippen LogP contribution in [-0.2, 0) is 6.54 Å². The summed E-state index contributed by atoms with van der Waals surface area (Å²) in [5.41, 5.74) is 0.706. The van der Waals surface area contributed by atoms with Gasteiger partial charge in [0.2, 0.25) is 5.95 Å². The minimum absolute atomic E-state index is 0.0195. The fourth-order valence-corrected chi connectivity index (χ4v) is 5.73. The molecule has 2 heterocycles. The number of phenols is 1. The number of urea groups is 1. The van der Waals surface area contributed by atoms with Crippen LogP contribution in [0.3, 0.4) is 0 Å². The van der Waals surface area contributed by atoms with Gasteiger partial charge >= 0.3 is 6.03 Å². The topological polar surface area (TPSA) is 94.1 Å². The van der Waals surface area contributed by atoms with Crippen LogP contribution in [0.2, 0.25) is 0 Å². The fourth-order valence-electron chi connectivity index (χ4n) is 5.73. The van der Waals surface area contributed by atoms with Gasteiger partial charge in [0.15, 0.2) is 11.6 Å². The van der Waals surface area contributed by atoms with Crippen molar-refractivity contribution in [3.8, 4) is 11.5 Å². The maximum Gasteiger partial charge on any atom is 0.330 e. The van der Waals surface area contributed by atoms with Crippen molar-refractivity contribution in [1.82, 2.24) is 14.9 Å². The maximum absolute atomic E-state index is 15.0. The summed E-state index contributed by atoms with van der Waals surface area (Å²) >= 11 is 0. The molecule has 39 heavy (non-hydrogen) atoms. The Kier molecular flexibility index (Phi) is 9.48. The van der Waals surface area contributed by atoms with E-state index < -0.39 is 11.6 Å². The number of phenolic OH excluding ortho intramolecular Hbond substituents is 1. The summed E-state index contributed by atoms with van der Waals surface area (Å²) in [7, 11) is 1.43. The van der Waals surface area contributed by atoms with Gasteiger partial charge in [0.1, 0.15) is 11.6 Å². The lowest BCUT2D eigenvalue weighted by Crippen LogP contribution is -2.52. The number of amides is 2. The third-order valence-corrected chi connectivity index (χ3v) is 7.76. The average molecular weight is 543 g/mol. The quantitative estimate of drug-likeness (QED) is 0.322. The molecule has 0 atom stereocenters. The van der Waals surface area contributed by atoms with Crippen LogP contribution in [0, 0.1) is 5.82 Å². The number of fused-ring (bicyclic) bond motifs is 1. The number of nitrogens with zero attached hydrogens (tertiary/aromatic N) is 5. The van der Waals surface area contributed by atoms with Gasteiger partial charge in [0.05, 0.1) is 19.3 Å². The number of rotatable bonds is 12. The van der Waals surface area contributed by atoms with E-state index in [0.717, 1.165) is 63.6 Å². The molecule has 4 rings (SSSR count). The Labute approximate surface area is 231 Å². The largest absolute Gasteiger partial charge is 0.505 e. The molecule has 1 saturated carbocycles. The Balaban J connectivity index is 1.48. The summed E-state index contributed by atoms with van der Waals surface area (Å²) in [4.78, 5) is 28.6. The highest BCUT2D eigenvalue weighted by molar-refractivity contribution is 6.06. The lowest BCUT2D eigenvalue weighted by molar-refractivity contribution is 0.171. The van der Waals surface area contributed by atoms with Crippen LogP contribution < -0.4 is 19.9 Å². The van der Waals surface area contributed by atoms with Crippen molar-refractivity contribution in [1.29, 1.82) is 0 Å². The summed E-state index contributed by atoms with van der Waals surface area (Å²) in [6, 6.07) is 3.34. The predicted octanol–water partition coefficient (Wildman–Crippen LogP) is 5.92. The third kappa shape index (κ3) is 6.54. The standard InChI is InChI=1S/C29H43FN6O3/c1-19(2)34(20(3)4)14-10-6-9-13-31-28-32-17-21-18-35(24-15-23(39-5)16-25(37)26(24)30)29(38)36(27(21)33-28)22-11-7-8-12-22/h15-17,19-20,22,37H,6-14,18H2,1-5H3,(H,31,32,33). The summed E-state index contributed by atoms with van der Waals surface area (Å²) in [5.74, 6) is -0.0749. The molecule has 9 nitrogen and oxygen atoms in total. The summed E-state index contributed by atoms with van der Waals surface area (Å²) < 4.78 is 20.2. The molecule has 2 amide bonds. The van der Waals surface area contributed by atoms with Crippen LogP contribution in [0.4, 0.5) is 26.6 Å². The Morgan fingerprint density at radius 3 is 2.54 bits per heavy atom. The normalized spacial score (nSPS) is 16.1. The first-order valence-corrected chi connectivity index (χ1v) is 14.2. The van der Waals surface area contributed by atoms with E-state index in [1.54, 1.807) is 11.1 Å². The van der Waals surface area contributed by atoms with Crippen molar-refractivity contribution in [3.05, 3.63) is 29.7 Å². The summed E-state index contributed by atoms with van der Waals surface area (Å²) in [5, 5.41) is 13.4. The van der Waals surface area contributed by atoms with E-state index in [0.29, 0.717) is 23.8 Å². The van der Waals surface area contributed by atoms with Crippen LogP contribution in [-0.4, -0.2) is 64.3 Å². The predicted molar refractivity (Wildman–Crippen MR) is 152 cm³/mol. The minimum Gasteiger partial charge on any atom is -0.505 e. The summed E-state index contributed by atoms with van der Waals surface area (Å²) in [6.07, 6.45) is 8.74. The van der Waals surface area contributed by atoms with E-state index in [-0.39, 0.29) is 30.1 Å². The second-order valence-corrected chi connectivity index (χ2v) is 11.1. The van der Waals surface area contributed by atoms with Crippen LogP contribution in [0.5, 0.6) is 11.5 Å². The Hall–Kier alpha value is -3.14. The molecule has 0 radical (unpaired) electrons. The number of unbranched alkanes of at least 4 members (excludes halogenated alkanes) is 2. The number of ether oxygens (including phenoxy) is 1. The first-order chi connectivity index (χ1) is 18.7. The van der Waals surface area contributed by atoms with E-state index in [2.05, 4.69) is 42.9 Å². The van der Waals surface area contributed by atoms with Crippen LogP contribution >= 0.6 is 0 Å². The molecule has 1 fully saturated rings. The zero-order valence-corrected chi connectivity index (χ0v) is 23.9. The van der Waals surface area contributed by atoms with Gasteiger partial charge in [-0.1, -0.05) is 19.3 Å².